The molecule has 0 aromatic heterocycles. The third-order valence-electron chi connectivity index (χ3n) is 1.04. The number of rotatable bonds is 3. The Balaban J connectivity index is 0. The first kappa shape index (κ1) is 12.8. The molecule has 0 fully saturated rings. The van der Waals surface area contributed by atoms with Crippen LogP contribution in [0.25, 0.3) is 0 Å². The van der Waals surface area contributed by atoms with Gasteiger partial charge in [-0.3, -0.25) is 0 Å². The van der Waals surface area contributed by atoms with Crippen molar-refractivity contribution in [1.29, 1.82) is 0 Å². The van der Waals surface area contributed by atoms with Crippen LogP contribution in [-0.4, -0.2) is 11.7 Å². The van der Waals surface area contributed by atoms with Crippen LogP contribution in [0.2, 0.25) is 0 Å². The van der Waals surface area contributed by atoms with E-state index in [1.165, 1.54) is 0 Å². The molecule has 0 atom stereocenters. The van der Waals surface area contributed by atoms with Crippen molar-refractivity contribution >= 4 is 0 Å². The number of aliphatic hydroxyl groups excluding tert-OH is 1. The second-order valence-corrected chi connectivity index (χ2v) is 1.87. The van der Waals surface area contributed by atoms with Gasteiger partial charge in [0, 0.05) is 0 Å². The van der Waals surface area contributed by atoms with E-state index in [4.69, 9.17) is 5.11 Å². The van der Waals surface area contributed by atoms with Crippen LogP contribution in [0.1, 0.15) is 20.8 Å². The molecule has 0 spiro atoms. The van der Waals surface area contributed by atoms with Gasteiger partial charge < -0.3 is 5.11 Å². The summed E-state index contributed by atoms with van der Waals surface area (Å²) in [5, 5.41) is 8.65. The van der Waals surface area contributed by atoms with Crippen LogP contribution in [-0.2, 0) is 0 Å². The van der Waals surface area contributed by atoms with Gasteiger partial charge in [-0.2, -0.15) is 0 Å². The third kappa shape index (κ3) is 7.07. The summed E-state index contributed by atoms with van der Waals surface area (Å²) in [5.74, 6) is 0. The van der Waals surface area contributed by atoms with E-state index in [1.54, 1.807) is 12.2 Å². The molecule has 64 valence electrons. The van der Waals surface area contributed by atoms with Gasteiger partial charge >= 0.3 is 0 Å². The predicted molar refractivity (Wildman–Crippen MR) is 51.5 cm³/mol. The summed E-state index contributed by atoms with van der Waals surface area (Å²) >= 11 is 0. The van der Waals surface area contributed by atoms with Crippen molar-refractivity contribution in [3.63, 3.8) is 0 Å². The molecule has 0 rings (SSSR count). The van der Waals surface area contributed by atoms with Gasteiger partial charge in [0.1, 0.15) is 0 Å². The zero-order valence-electron chi connectivity index (χ0n) is 7.72. The highest BCUT2D eigenvalue weighted by molar-refractivity contribution is 5.29. The van der Waals surface area contributed by atoms with E-state index in [1.807, 2.05) is 20.8 Å². The average molecular weight is 154 g/mol. The van der Waals surface area contributed by atoms with Gasteiger partial charge in [0.2, 0.25) is 0 Å². The molecular weight excluding hydrogens is 136 g/mol. The van der Waals surface area contributed by atoms with Gasteiger partial charge in [-0.25, -0.2) is 0 Å². The maximum atomic E-state index is 8.65. The fourth-order valence-corrected chi connectivity index (χ4v) is 0.472. The molecule has 0 aliphatic heterocycles. The Hall–Kier alpha value is -0.820. The Morgan fingerprint density at radius 2 is 1.91 bits per heavy atom. The van der Waals surface area contributed by atoms with Crippen LogP contribution in [0, 0.1) is 0 Å². The number of hydrogen-bond donors (Lipinski definition) is 1. The van der Waals surface area contributed by atoms with E-state index in [2.05, 4.69) is 13.2 Å². The molecule has 0 aromatic carbocycles. The van der Waals surface area contributed by atoms with E-state index >= 15 is 0 Å². The first-order valence-electron chi connectivity index (χ1n) is 3.80. The molecule has 1 nitrogen and oxygen atoms in total. The van der Waals surface area contributed by atoms with Crippen LogP contribution in [0.4, 0.5) is 0 Å². The molecule has 1 N–H and O–H groups in total. The van der Waals surface area contributed by atoms with Gasteiger partial charge in [0.15, 0.2) is 0 Å². The van der Waals surface area contributed by atoms with E-state index in [0.717, 1.165) is 11.1 Å². The lowest BCUT2D eigenvalue weighted by Gasteiger charge is -1.98. The van der Waals surface area contributed by atoms with Crippen molar-refractivity contribution in [3.05, 3.63) is 36.5 Å². The summed E-state index contributed by atoms with van der Waals surface area (Å²) in [6.07, 6.45) is 3.39. The Morgan fingerprint density at radius 3 is 2.00 bits per heavy atom. The Bertz CT molecular complexity index is 143. The topological polar surface area (TPSA) is 20.2 Å². The minimum atomic E-state index is 0.0430. The fraction of sp³-hybridized carbons (Fsp3) is 0.400. The van der Waals surface area contributed by atoms with Crippen LogP contribution in [0.15, 0.2) is 36.5 Å². The Morgan fingerprint density at radius 1 is 1.45 bits per heavy atom. The van der Waals surface area contributed by atoms with Crippen molar-refractivity contribution in [2.45, 2.75) is 20.8 Å². The standard InChI is InChI=1S/C8H12O.C2H6/c1-4-5-8(6-9)7(2)3;1-2/h4-5,9H,1-2,6H2,3H3;1-2H3/b8-5-;. The minimum Gasteiger partial charge on any atom is -0.392 e. The zero-order chi connectivity index (χ0) is 9.28. The summed E-state index contributed by atoms with van der Waals surface area (Å²) in [7, 11) is 0. The van der Waals surface area contributed by atoms with Crippen LogP contribution >= 0.6 is 0 Å². The van der Waals surface area contributed by atoms with Crippen molar-refractivity contribution < 1.29 is 5.11 Å². The van der Waals surface area contributed by atoms with Gasteiger partial charge in [-0.15, -0.1) is 0 Å². The third-order valence-corrected chi connectivity index (χ3v) is 1.04. The van der Waals surface area contributed by atoms with E-state index in [-0.39, 0.29) is 6.61 Å². The second kappa shape index (κ2) is 9.18. The first-order chi connectivity index (χ1) is 5.22. The Labute approximate surface area is 69.8 Å². The Kier molecular flexibility index (Phi) is 10.7. The van der Waals surface area contributed by atoms with Gasteiger partial charge in [0.05, 0.1) is 6.61 Å². The summed E-state index contributed by atoms with van der Waals surface area (Å²) in [6, 6.07) is 0. The van der Waals surface area contributed by atoms with Crippen LogP contribution in [0.5, 0.6) is 0 Å². The number of aliphatic hydroxyl groups is 1. The van der Waals surface area contributed by atoms with Gasteiger partial charge in [-0.05, 0) is 12.5 Å². The van der Waals surface area contributed by atoms with Crippen molar-refractivity contribution in [2.24, 2.45) is 0 Å². The maximum Gasteiger partial charge on any atom is 0.0684 e. The van der Waals surface area contributed by atoms with E-state index in [0.29, 0.717) is 0 Å². The fourth-order valence-electron chi connectivity index (χ4n) is 0.472. The monoisotopic (exact) mass is 154 g/mol. The molecule has 0 saturated carbocycles. The maximum absolute atomic E-state index is 8.65. The molecule has 0 aromatic rings. The predicted octanol–water partition coefficient (Wildman–Crippen LogP) is 2.69. The lowest BCUT2D eigenvalue weighted by atomic mass is 10.1. The van der Waals surface area contributed by atoms with Crippen LogP contribution in [0.3, 0.4) is 0 Å². The number of allylic oxidation sites excluding steroid dienone is 2. The average Bonchev–Trinajstić information content (AvgIpc) is 2.03. The normalized spacial score (nSPS) is 9.64. The smallest absolute Gasteiger partial charge is 0.0684 e. The minimum absolute atomic E-state index is 0.0430. The van der Waals surface area contributed by atoms with Crippen molar-refractivity contribution in [3.8, 4) is 0 Å². The van der Waals surface area contributed by atoms with E-state index < -0.39 is 0 Å². The second-order valence-electron chi connectivity index (χ2n) is 1.87. The molecule has 0 unspecified atom stereocenters. The molecule has 0 radical (unpaired) electrons. The van der Waals surface area contributed by atoms with Crippen molar-refractivity contribution in [1.82, 2.24) is 0 Å². The molecule has 0 amide bonds. The summed E-state index contributed by atoms with van der Waals surface area (Å²) in [6.45, 7) is 13.1. The first-order valence-corrected chi connectivity index (χ1v) is 3.80. The van der Waals surface area contributed by atoms with E-state index in [9.17, 15) is 0 Å². The quantitative estimate of drug-likeness (QED) is 0.620. The largest absolute Gasteiger partial charge is 0.392 e. The zero-order valence-corrected chi connectivity index (χ0v) is 7.72. The highest BCUT2D eigenvalue weighted by Gasteiger charge is 1.90. The SMILES string of the molecule is C=C/C=C(/CO)C(=C)C.CC. The van der Waals surface area contributed by atoms with Gasteiger partial charge in [-0.1, -0.05) is 44.7 Å². The summed E-state index contributed by atoms with van der Waals surface area (Å²) < 4.78 is 0. The summed E-state index contributed by atoms with van der Waals surface area (Å²) in [4.78, 5) is 0. The van der Waals surface area contributed by atoms with Gasteiger partial charge in [0.25, 0.3) is 0 Å². The highest BCUT2D eigenvalue weighted by atomic mass is 16.3. The lowest BCUT2D eigenvalue weighted by Crippen LogP contribution is -1.89. The molecule has 1 heteroatoms. The lowest BCUT2D eigenvalue weighted by molar-refractivity contribution is 0.333. The van der Waals surface area contributed by atoms with Crippen LogP contribution < -0.4 is 0 Å². The molecule has 0 heterocycles. The molecule has 0 aliphatic rings. The molecule has 0 bridgehead atoms. The number of hydrogen-bond acceptors (Lipinski definition) is 1. The molecule has 0 aliphatic carbocycles. The van der Waals surface area contributed by atoms with Crippen molar-refractivity contribution in [2.75, 3.05) is 6.61 Å². The summed E-state index contributed by atoms with van der Waals surface area (Å²) in [5.41, 5.74) is 1.72. The highest BCUT2D eigenvalue weighted by Crippen LogP contribution is 2.04. The molecule has 11 heavy (non-hydrogen) atoms. The molecule has 0 saturated heterocycles. The molecular formula is C10H18O.